The van der Waals surface area contributed by atoms with Gasteiger partial charge in [-0.3, -0.25) is 0 Å². The van der Waals surface area contributed by atoms with E-state index in [1.54, 1.807) is 31.4 Å². The second-order valence-electron chi connectivity index (χ2n) is 3.58. The number of hydrogen-bond donors (Lipinski definition) is 0. The lowest BCUT2D eigenvalue weighted by Crippen LogP contribution is -1.98. The van der Waals surface area contributed by atoms with E-state index < -0.39 is 0 Å². The highest BCUT2D eigenvalue weighted by Gasteiger charge is 2.07. The van der Waals surface area contributed by atoms with Crippen LogP contribution in [0.4, 0.5) is 0 Å². The maximum atomic E-state index is 5.96. The van der Waals surface area contributed by atoms with Crippen molar-refractivity contribution in [3.05, 3.63) is 45.3 Å². The molecule has 1 heterocycles. The molecule has 2 rings (SSSR count). The second kappa shape index (κ2) is 5.85. The molecule has 0 amide bonds. The van der Waals surface area contributed by atoms with Crippen LogP contribution in [0.5, 0.6) is 0 Å². The van der Waals surface area contributed by atoms with E-state index >= 15 is 0 Å². The van der Waals surface area contributed by atoms with Crippen LogP contribution in [0.1, 0.15) is 5.82 Å². The van der Waals surface area contributed by atoms with Crippen molar-refractivity contribution in [3.8, 4) is 11.3 Å². The van der Waals surface area contributed by atoms with E-state index in [1.165, 1.54) is 0 Å². The highest BCUT2D eigenvalue weighted by Crippen LogP contribution is 2.27. The zero-order chi connectivity index (χ0) is 13.1. The zero-order valence-corrected chi connectivity index (χ0v) is 11.7. The predicted molar refractivity (Wildman–Crippen MR) is 73.2 cm³/mol. The number of halogens is 3. The summed E-state index contributed by atoms with van der Waals surface area (Å²) in [5.74, 6) is 0.510. The highest BCUT2D eigenvalue weighted by atomic mass is 35.5. The van der Waals surface area contributed by atoms with Gasteiger partial charge in [0.05, 0.1) is 5.69 Å². The third kappa shape index (κ3) is 3.33. The summed E-state index contributed by atoms with van der Waals surface area (Å²) >= 11 is 17.9. The summed E-state index contributed by atoms with van der Waals surface area (Å²) in [5.41, 5.74) is 1.45. The lowest BCUT2D eigenvalue weighted by Gasteiger charge is -2.06. The predicted octanol–water partition coefficient (Wildman–Crippen LogP) is 4.25. The first kappa shape index (κ1) is 13.6. The molecule has 1 aromatic heterocycles. The summed E-state index contributed by atoms with van der Waals surface area (Å²) in [4.78, 5) is 8.40. The van der Waals surface area contributed by atoms with Gasteiger partial charge < -0.3 is 4.74 Å². The van der Waals surface area contributed by atoms with Gasteiger partial charge in [-0.2, -0.15) is 0 Å². The van der Waals surface area contributed by atoms with Crippen molar-refractivity contribution in [2.75, 3.05) is 7.11 Å². The number of ether oxygens (including phenoxy) is 1. The Morgan fingerprint density at radius 3 is 2.28 bits per heavy atom. The molecule has 0 aliphatic rings. The average molecular weight is 304 g/mol. The minimum atomic E-state index is 0.294. The van der Waals surface area contributed by atoms with Gasteiger partial charge >= 0.3 is 0 Å². The van der Waals surface area contributed by atoms with Gasteiger partial charge in [-0.15, -0.1) is 0 Å². The Balaban J connectivity index is 2.49. The van der Waals surface area contributed by atoms with Crippen molar-refractivity contribution in [2.45, 2.75) is 6.61 Å². The number of benzene rings is 1. The van der Waals surface area contributed by atoms with Crippen molar-refractivity contribution < 1.29 is 4.74 Å². The fourth-order valence-corrected chi connectivity index (χ4v) is 2.23. The third-order valence-electron chi connectivity index (χ3n) is 2.17. The largest absolute Gasteiger partial charge is 0.377 e. The Kier molecular flexibility index (Phi) is 4.40. The molecule has 0 atom stereocenters. The van der Waals surface area contributed by atoms with Crippen LogP contribution in [0, 0.1) is 0 Å². The summed E-state index contributed by atoms with van der Waals surface area (Å²) in [7, 11) is 1.57. The first-order chi connectivity index (χ1) is 8.58. The molecule has 0 aliphatic carbocycles. The van der Waals surface area contributed by atoms with Crippen LogP contribution in [-0.2, 0) is 11.3 Å². The van der Waals surface area contributed by atoms with Crippen molar-refractivity contribution in [1.82, 2.24) is 9.97 Å². The van der Waals surface area contributed by atoms with Crippen molar-refractivity contribution >= 4 is 34.8 Å². The molecule has 18 heavy (non-hydrogen) atoms. The molecule has 0 spiro atoms. The van der Waals surface area contributed by atoms with Crippen LogP contribution in [0.2, 0.25) is 15.2 Å². The molecule has 0 radical (unpaired) electrons. The Morgan fingerprint density at radius 2 is 1.67 bits per heavy atom. The van der Waals surface area contributed by atoms with Gasteiger partial charge in [0.25, 0.3) is 0 Å². The molecule has 6 heteroatoms. The molecule has 0 fully saturated rings. The number of methoxy groups -OCH3 is 1. The Morgan fingerprint density at radius 1 is 1.00 bits per heavy atom. The molecule has 0 N–H and O–H groups in total. The van der Waals surface area contributed by atoms with E-state index in [-0.39, 0.29) is 0 Å². The van der Waals surface area contributed by atoms with Crippen LogP contribution >= 0.6 is 34.8 Å². The number of hydrogen-bond acceptors (Lipinski definition) is 3. The second-order valence-corrected chi connectivity index (χ2v) is 4.84. The topological polar surface area (TPSA) is 35.0 Å². The minimum absolute atomic E-state index is 0.294. The first-order valence-corrected chi connectivity index (χ1v) is 6.21. The van der Waals surface area contributed by atoms with E-state index in [2.05, 4.69) is 9.97 Å². The quantitative estimate of drug-likeness (QED) is 0.795. The van der Waals surface area contributed by atoms with Crippen LogP contribution in [0.15, 0.2) is 24.3 Å². The molecular weight excluding hydrogens is 295 g/mol. The maximum absolute atomic E-state index is 5.96. The first-order valence-electron chi connectivity index (χ1n) is 5.07. The summed E-state index contributed by atoms with van der Waals surface area (Å²) < 4.78 is 4.99. The Hall–Kier alpha value is -0.870. The van der Waals surface area contributed by atoms with Crippen LogP contribution in [0.25, 0.3) is 11.3 Å². The van der Waals surface area contributed by atoms with Gasteiger partial charge in [0.1, 0.15) is 11.8 Å². The van der Waals surface area contributed by atoms with E-state index in [0.29, 0.717) is 33.3 Å². The molecule has 0 bridgehead atoms. The van der Waals surface area contributed by atoms with Gasteiger partial charge in [0, 0.05) is 28.8 Å². The van der Waals surface area contributed by atoms with E-state index in [4.69, 9.17) is 39.5 Å². The summed E-state index contributed by atoms with van der Waals surface area (Å²) in [6.45, 7) is 0.294. The smallest absolute Gasteiger partial charge is 0.156 e. The average Bonchev–Trinajstić information content (AvgIpc) is 2.27. The van der Waals surface area contributed by atoms with Gasteiger partial charge in [0.2, 0.25) is 0 Å². The van der Waals surface area contributed by atoms with E-state index in [0.717, 1.165) is 5.56 Å². The summed E-state index contributed by atoms with van der Waals surface area (Å²) in [6.07, 6.45) is 0. The summed E-state index contributed by atoms with van der Waals surface area (Å²) in [5, 5.41) is 1.43. The molecule has 94 valence electrons. The van der Waals surface area contributed by atoms with E-state index in [9.17, 15) is 0 Å². The van der Waals surface area contributed by atoms with Gasteiger partial charge in [0.15, 0.2) is 5.82 Å². The lowest BCUT2D eigenvalue weighted by atomic mass is 10.1. The molecular formula is C12H9Cl3N2O. The lowest BCUT2D eigenvalue weighted by molar-refractivity contribution is 0.178. The normalized spacial score (nSPS) is 10.7. The molecule has 2 aromatic rings. The monoisotopic (exact) mass is 302 g/mol. The standard InChI is InChI=1S/C12H9Cl3N2O/c1-18-6-12-16-10(5-11(15)17-12)7-2-8(13)4-9(14)3-7/h2-5H,6H2,1H3. The Labute approximate surface area is 120 Å². The third-order valence-corrected chi connectivity index (χ3v) is 2.80. The zero-order valence-electron chi connectivity index (χ0n) is 9.45. The van der Waals surface area contributed by atoms with Crippen LogP contribution in [-0.4, -0.2) is 17.1 Å². The van der Waals surface area contributed by atoms with E-state index in [1.807, 2.05) is 0 Å². The van der Waals surface area contributed by atoms with Gasteiger partial charge in [-0.25, -0.2) is 9.97 Å². The molecule has 0 unspecified atom stereocenters. The highest BCUT2D eigenvalue weighted by molar-refractivity contribution is 6.35. The van der Waals surface area contributed by atoms with Crippen molar-refractivity contribution in [2.24, 2.45) is 0 Å². The SMILES string of the molecule is COCc1nc(Cl)cc(-c2cc(Cl)cc(Cl)c2)n1. The number of aromatic nitrogens is 2. The molecule has 0 saturated heterocycles. The molecule has 3 nitrogen and oxygen atoms in total. The van der Waals surface area contributed by atoms with Crippen LogP contribution < -0.4 is 0 Å². The number of nitrogens with zero attached hydrogens (tertiary/aromatic N) is 2. The van der Waals surface area contributed by atoms with Crippen molar-refractivity contribution in [1.29, 1.82) is 0 Å². The Bertz CT molecular complexity index is 555. The number of rotatable bonds is 3. The molecule has 0 saturated carbocycles. The minimum Gasteiger partial charge on any atom is -0.377 e. The molecule has 1 aromatic carbocycles. The maximum Gasteiger partial charge on any atom is 0.156 e. The van der Waals surface area contributed by atoms with Gasteiger partial charge in [-0.05, 0) is 18.2 Å². The summed E-state index contributed by atoms with van der Waals surface area (Å²) in [6, 6.07) is 6.85. The van der Waals surface area contributed by atoms with Gasteiger partial charge in [-0.1, -0.05) is 34.8 Å². The van der Waals surface area contributed by atoms with Crippen molar-refractivity contribution in [3.63, 3.8) is 0 Å². The fraction of sp³-hybridized carbons (Fsp3) is 0.167. The molecule has 0 aliphatic heterocycles. The van der Waals surface area contributed by atoms with Crippen LogP contribution in [0.3, 0.4) is 0 Å². The fourth-order valence-electron chi connectivity index (χ4n) is 1.51.